The Morgan fingerprint density at radius 2 is 1.30 bits per heavy atom. The molecular weight excluding hydrogens is 408 g/mol. The molecule has 2 aromatic rings. The molecule has 0 radical (unpaired) electrons. The van der Waals surface area contributed by atoms with Gasteiger partial charge in [0, 0.05) is 25.5 Å². The van der Waals surface area contributed by atoms with E-state index in [1.165, 1.54) is 0 Å². The van der Waals surface area contributed by atoms with Crippen molar-refractivity contribution in [2.75, 3.05) is 23.2 Å². The lowest BCUT2D eigenvalue weighted by atomic mass is 10.3. The molecule has 0 bridgehead atoms. The first kappa shape index (κ1) is 25.2. The summed E-state index contributed by atoms with van der Waals surface area (Å²) in [6, 6.07) is 19.3. The maximum absolute atomic E-state index is 11.9. The first-order valence-corrected chi connectivity index (χ1v) is 15.8. The molecule has 0 saturated carbocycles. The minimum Gasteiger partial charge on any atom is -0.341 e. The number of carbonyl (C=O) groups is 2. The van der Waals surface area contributed by atoms with Gasteiger partial charge in [-0.05, 0) is 37.4 Å². The molecule has 0 saturated heterocycles. The molecule has 162 valence electrons. The molecule has 2 rings (SSSR count). The summed E-state index contributed by atoms with van der Waals surface area (Å²) in [5.74, 6) is 0. The topological polar surface area (TPSA) is 64.7 Å². The van der Waals surface area contributed by atoms with Crippen LogP contribution in [0, 0.1) is 0 Å². The van der Waals surface area contributed by atoms with E-state index in [-0.39, 0.29) is 12.1 Å². The molecule has 30 heavy (non-hydrogen) atoms. The van der Waals surface area contributed by atoms with Crippen LogP contribution in [0.2, 0.25) is 26.2 Å². The summed E-state index contributed by atoms with van der Waals surface area (Å²) in [6.45, 7) is 12.3. The highest BCUT2D eigenvalue weighted by atomic mass is 28.3. The van der Waals surface area contributed by atoms with Crippen molar-refractivity contribution in [3.63, 3.8) is 0 Å². The van der Waals surface area contributed by atoms with Crippen LogP contribution in [0.5, 0.6) is 0 Å². The zero-order valence-corrected chi connectivity index (χ0v) is 21.0. The average Bonchev–Trinajstić information content (AvgIpc) is 2.75. The summed E-state index contributed by atoms with van der Waals surface area (Å²) in [7, 11) is 0.194. The van der Waals surface area contributed by atoms with E-state index in [4.69, 9.17) is 0 Å². The van der Waals surface area contributed by atoms with Gasteiger partial charge in [0.25, 0.3) is 0 Å². The molecule has 2 N–H and O–H groups in total. The monoisotopic (exact) mass is 442 g/mol. The van der Waals surface area contributed by atoms with Gasteiger partial charge < -0.3 is 19.8 Å². The second-order valence-corrected chi connectivity index (χ2v) is 14.3. The van der Waals surface area contributed by atoms with E-state index in [1.807, 2.05) is 75.5 Å². The standard InChI is InChI=1S/C12H18N2OSi.C10H16N2OSi/c1-5-16(3,4)14(12(15)13-2)11-9-7-6-8-10-11;1-11-10(13)12(14(2)3)9-7-5-4-6-8-9/h5-10H,1H2,2-4H3,(H,13,15);4-8,14H,1-3H3,(H,11,13). The molecule has 0 spiro atoms. The highest BCUT2D eigenvalue weighted by molar-refractivity contribution is 6.88. The van der Waals surface area contributed by atoms with Gasteiger partial charge in [0.15, 0.2) is 8.24 Å². The largest absolute Gasteiger partial charge is 0.341 e. The van der Waals surface area contributed by atoms with Crippen LogP contribution >= 0.6 is 0 Å². The first-order chi connectivity index (χ1) is 14.2. The van der Waals surface area contributed by atoms with Gasteiger partial charge >= 0.3 is 12.1 Å². The summed E-state index contributed by atoms with van der Waals surface area (Å²) < 4.78 is 3.68. The number of para-hydroxylation sites is 2. The van der Waals surface area contributed by atoms with Crippen molar-refractivity contribution >= 4 is 40.6 Å². The molecule has 0 aliphatic heterocycles. The van der Waals surface area contributed by atoms with Crippen molar-refractivity contribution in [3.8, 4) is 0 Å². The third kappa shape index (κ3) is 6.89. The van der Waals surface area contributed by atoms with Crippen molar-refractivity contribution in [2.45, 2.75) is 26.2 Å². The second kappa shape index (κ2) is 12.0. The highest BCUT2D eigenvalue weighted by Crippen LogP contribution is 2.22. The maximum atomic E-state index is 11.9. The predicted octanol–water partition coefficient (Wildman–Crippen LogP) is 4.58. The fraction of sp³-hybridized carbons (Fsp3) is 0.273. The van der Waals surface area contributed by atoms with Crippen LogP contribution in [0.15, 0.2) is 72.9 Å². The average molecular weight is 443 g/mol. The molecular formula is C22H34N4O2Si2. The number of urea groups is 2. The Kier molecular flexibility index (Phi) is 10.1. The zero-order valence-electron chi connectivity index (χ0n) is 18.8. The summed E-state index contributed by atoms with van der Waals surface area (Å²) >= 11 is 0. The summed E-state index contributed by atoms with van der Waals surface area (Å²) in [5.41, 5.74) is 3.79. The van der Waals surface area contributed by atoms with Gasteiger partial charge in [0.2, 0.25) is 0 Å². The van der Waals surface area contributed by atoms with Crippen molar-refractivity contribution in [1.29, 1.82) is 0 Å². The number of hydrogen-bond acceptors (Lipinski definition) is 2. The molecule has 0 fully saturated rings. The smallest absolute Gasteiger partial charge is 0.313 e. The second-order valence-electron chi connectivity index (χ2n) is 7.44. The molecule has 2 aromatic carbocycles. The maximum Gasteiger partial charge on any atom is 0.313 e. The summed E-state index contributed by atoms with van der Waals surface area (Å²) in [6.07, 6.45) is 0. The Labute approximate surface area is 183 Å². The Morgan fingerprint density at radius 3 is 1.67 bits per heavy atom. The third-order valence-electron chi connectivity index (χ3n) is 4.49. The van der Waals surface area contributed by atoms with Crippen LogP contribution in [0.25, 0.3) is 0 Å². The first-order valence-electron chi connectivity index (χ1n) is 9.96. The zero-order chi connectivity index (χ0) is 22.7. The predicted molar refractivity (Wildman–Crippen MR) is 133 cm³/mol. The van der Waals surface area contributed by atoms with E-state index in [0.29, 0.717) is 0 Å². The van der Waals surface area contributed by atoms with E-state index < -0.39 is 17.2 Å². The lowest BCUT2D eigenvalue weighted by Crippen LogP contribution is -2.54. The molecule has 0 atom stereocenters. The number of nitrogens with one attached hydrogen (secondary N) is 2. The molecule has 0 aliphatic carbocycles. The molecule has 6 nitrogen and oxygen atoms in total. The Bertz CT molecular complexity index is 814. The third-order valence-corrected chi connectivity index (χ3v) is 8.67. The minimum absolute atomic E-state index is 0.0159. The molecule has 4 amide bonds. The van der Waals surface area contributed by atoms with Crippen LogP contribution in [-0.2, 0) is 0 Å². The van der Waals surface area contributed by atoms with Crippen LogP contribution < -0.4 is 19.8 Å². The van der Waals surface area contributed by atoms with Gasteiger partial charge in [0.05, 0.1) is 0 Å². The number of anilines is 2. The summed E-state index contributed by atoms with van der Waals surface area (Å²) in [4.78, 5) is 23.5. The Hall–Kier alpha value is -2.85. The van der Waals surface area contributed by atoms with E-state index >= 15 is 0 Å². The van der Waals surface area contributed by atoms with E-state index in [9.17, 15) is 9.59 Å². The van der Waals surface area contributed by atoms with Crippen LogP contribution in [0.1, 0.15) is 0 Å². The number of carbonyl (C=O) groups excluding carboxylic acids is 2. The van der Waals surface area contributed by atoms with Crippen LogP contribution in [0.4, 0.5) is 21.0 Å². The van der Waals surface area contributed by atoms with Crippen molar-refractivity contribution in [2.24, 2.45) is 0 Å². The fourth-order valence-corrected chi connectivity index (χ4v) is 5.85. The van der Waals surface area contributed by atoms with Gasteiger partial charge in [0.1, 0.15) is 8.96 Å². The number of nitrogens with zero attached hydrogens (tertiary/aromatic N) is 2. The SMILES string of the molecule is C=C[Si](C)(C)N(C(=O)NC)c1ccccc1.CNC(=O)N(c1ccccc1)[SiH](C)C. The van der Waals surface area contributed by atoms with E-state index in [2.05, 4.69) is 43.4 Å². The van der Waals surface area contributed by atoms with E-state index in [1.54, 1.807) is 14.1 Å². The molecule has 0 unspecified atom stereocenters. The van der Waals surface area contributed by atoms with Crippen molar-refractivity contribution in [1.82, 2.24) is 10.6 Å². The van der Waals surface area contributed by atoms with Gasteiger partial charge in [-0.15, -0.1) is 6.58 Å². The number of rotatable bonds is 5. The molecule has 0 aliphatic rings. The number of hydrogen-bond donors (Lipinski definition) is 2. The van der Waals surface area contributed by atoms with Gasteiger partial charge in [-0.1, -0.05) is 55.2 Å². The van der Waals surface area contributed by atoms with E-state index in [0.717, 1.165) is 11.4 Å². The Balaban J connectivity index is 0.000000303. The lowest BCUT2D eigenvalue weighted by molar-refractivity contribution is 0.250. The Morgan fingerprint density at radius 1 is 0.867 bits per heavy atom. The van der Waals surface area contributed by atoms with Gasteiger partial charge in [-0.25, -0.2) is 9.59 Å². The summed E-state index contributed by atoms with van der Waals surface area (Å²) in [5, 5.41) is 5.34. The molecule has 0 aromatic heterocycles. The fourth-order valence-electron chi connectivity index (χ4n) is 2.85. The van der Waals surface area contributed by atoms with Crippen molar-refractivity contribution < 1.29 is 9.59 Å². The van der Waals surface area contributed by atoms with Crippen LogP contribution in [-0.4, -0.2) is 43.4 Å². The quantitative estimate of drug-likeness (QED) is 0.666. The van der Waals surface area contributed by atoms with Gasteiger partial charge in [-0.3, -0.25) is 0 Å². The van der Waals surface area contributed by atoms with Crippen molar-refractivity contribution in [3.05, 3.63) is 72.9 Å². The lowest BCUT2D eigenvalue weighted by Gasteiger charge is -2.34. The van der Waals surface area contributed by atoms with Crippen LogP contribution in [0.3, 0.4) is 0 Å². The highest BCUT2D eigenvalue weighted by Gasteiger charge is 2.31. The van der Waals surface area contributed by atoms with Gasteiger partial charge in [-0.2, -0.15) is 0 Å². The molecule has 0 heterocycles. The normalized spacial score (nSPS) is 10.4. The number of amides is 4. The number of benzene rings is 2. The molecule has 8 heteroatoms. The minimum atomic E-state index is -1.95.